The summed E-state index contributed by atoms with van der Waals surface area (Å²) in [6.07, 6.45) is 2.58. The fourth-order valence-corrected chi connectivity index (χ4v) is 5.54. The van der Waals surface area contributed by atoms with Crippen LogP contribution in [0.15, 0.2) is 42.0 Å². The molecule has 172 valence electrons. The van der Waals surface area contributed by atoms with Crippen molar-refractivity contribution in [3.05, 3.63) is 63.7 Å². The van der Waals surface area contributed by atoms with Crippen LogP contribution in [0.4, 0.5) is 11.4 Å². The van der Waals surface area contributed by atoms with E-state index in [1.807, 2.05) is 37.3 Å². The lowest BCUT2D eigenvalue weighted by molar-refractivity contribution is -0.122. The third-order valence-electron chi connectivity index (χ3n) is 6.48. The van der Waals surface area contributed by atoms with Crippen LogP contribution < -0.4 is 15.1 Å². The number of hydrogen-bond donors (Lipinski definition) is 1. The van der Waals surface area contributed by atoms with Crippen molar-refractivity contribution in [3.8, 4) is 0 Å². The molecule has 0 aliphatic carbocycles. The van der Waals surface area contributed by atoms with Gasteiger partial charge in [0, 0.05) is 22.8 Å². The molecule has 2 amide bonds. The van der Waals surface area contributed by atoms with Crippen LogP contribution in [0.5, 0.6) is 0 Å². The Morgan fingerprint density at radius 2 is 1.97 bits per heavy atom. The van der Waals surface area contributed by atoms with Gasteiger partial charge in [-0.15, -0.1) is 0 Å². The lowest BCUT2D eigenvalue weighted by Gasteiger charge is -2.47. The Labute approximate surface area is 205 Å². The minimum Gasteiger partial charge on any atom is -0.366 e. The number of aryl methyl sites for hydroxylation is 1. The monoisotopic (exact) mass is 481 g/mol. The van der Waals surface area contributed by atoms with Crippen molar-refractivity contribution in [2.75, 3.05) is 16.3 Å². The van der Waals surface area contributed by atoms with Gasteiger partial charge in [-0.25, -0.2) is 0 Å². The van der Waals surface area contributed by atoms with Crippen molar-refractivity contribution < 1.29 is 9.59 Å². The van der Waals surface area contributed by atoms with Gasteiger partial charge in [0.1, 0.15) is 5.57 Å². The maximum atomic E-state index is 13.4. The molecule has 1 N–H and O–H groups in total. The lowest BCUT2D eigenvalue weighted by Crippen LogP contribution is -2.54. The van der Waals surface area contributed by atoms with Crippen LogP contribution in [0.3, 0.4) is 0 Å². The summed E-state index contributed by atoms with van der Waals surface area (Å²) in [7, 11) is 0. The van der Waals surface area contributed by atoms with Gasteiger partial charge in [-0.1, -0.05) is 30.7 Å². The fourth-order valence-electron chi connectivity index (χ4n) is 5.04. The molecule has 33 heavy (non-hydrogen) atoms. The van der Waals surface area contributed by atoms with Crippen LogP contribution in [0.1, 0.15) is 56.7 Å². The number of nitrogens with one attached hydrogen (secondary N) is 1. The molecule has 1 saturated heterocycles. The number of nitrogens with zero attached hydrogens (tertiary/aromatic N) is 2. The van der Waals surface area contributed by atoms with Gasteiger partial charge in [-0.2, -0.15) is 0 Å². The fraction of sp³-hybridized carbons (Fsp3) is 0.346. The van der Waals surface area contributed by atoms with E-state index in [-0.39, 0.29) is 16.2 Å². The molecule has 2 aliphatic heterocycles. The molecule has 0 radical (unpaired) electrons. The Hall–Kier alpha value is -2.70. The number of amides is 2. The van der Waals surface area contributed by atoms with Crippen LogP contribution >= 0.6 is 23.8 Å². The van der Waals surface area contributed by atoms with Gasteiger partial charge in [0.15, 0.2) is 5.11 Å². The molecule has 0 spiro atoms. The molecule has 1 fully saturated rings. The zero-order valence-electron chi connectivity index (χ0n) is 19.5. The van der Waals surface area contributed by atoms with Crippen molar-refractivity contribution in [1.82, 2.24) is 5.32 Å². The van der Waals surface area contributed by atoms with E-state index >= 15 is 0 Å². The Morgan fingerprint density at radius 1 is 1.24 bits per heavy atom. The Bertz CT molecular complexity index is 1200. The van der Waals surface area contributed by atoms with Crippen LogP contribution in [0, 0.1) is 6.92 Å². The Balaban J connectivity index is 1.78. The summed E-state index contributed by atoms with van der Waals surface area (Å²) in [5.74, 6) is -0.668. The summed E-state index contributed by atoms with van der Waals surface area (Å²) in [4.78, 5) is 29.8. The summed E-state index contributed by atoms with van der Waals surface area (Å²) < 4.78 is 0. The van der Waals surface area contributed by atoms with Gasteiger partial charge in [0.05, 0.1) is 5.69 Å². The second-order valence-corrected chi connectivity index (χ2v) is 10.2. The number of hydrogen-bond acceptors (Lipinski definition) is 4. The first-order valence-corrected chi connectivity index (χ1v) is 11.9. The van der Waals surface area contributed by atoms with Gasteiger partial charge in [0.25, 0.3) is 11.8 Å². The van der Waals surface area contributed by atoms with Crippen LogP contribution in [0.25, 0.3) is 6.08 Å². The van der Waals surface area contributed by atoms with E-state index in [0.717, 1.165) is 24.2 Å². The van der Waals surface area contributed by atoms with Crippen molar-refractivity contribution in [2.45, 2.75) is 52.5 Å². The molecule has 2 aliphatic rings. The summed E-state index contributed by atoms with van der Waals surface area (Å²) in [5.41, 5.74) is 4.55. The maximum Gasteiger partial charge on any atom is 0.270 e. The minimum absolute atomic E-state index is 0.00287. The summed E-state index contributed by atoms with van der Waals surface area (Å²) in [5, 5.41) is 3.21. The number of benzene rings is 2. The van der Waals surface area contributed by atoms with Crippen molar-refractivity contribution in [2.24, 2.45) is 0 Å². The second-order valence-electron chi connectivity index (χ2n) is 9.39. The van der Waals surface area contributed by atoms with Gasteiger partial charge in [-0.05, 0) is 99.3 Å². The highest BCUT2D eigenvalue weighted by Crippen LogP contribution is 2.45. The van der Waals surface area contributed by atoms with E-state index in [1.54, 1.807) is 12.1 Å². The highest BCUT2D eigenvalue weighted by Gasteiger charge is 2.37. The standard InChI is InChI=1S/C26H28ClN3O2S/c1-6-29-22-13-21(27)17(11-19(22)16(3)14-26(29,4)5)12-20-23(31)28-25(33)30(24(20)32)18-9-7-8-15(2)10-18/h7-13,16H,6,14H2,1-5H3,(H,28,31,33)/b20-12-. The van der Waals surface area contributed by atoms with Gasteiger partial charge >= 0.3 is 0 Å². The first kappa shape index (κ1) is 23.5. The first-order chi connectivity index (χ1) is 15.5. The van der Waals surface area contributed by atoms with Crippen LogP contribution in [0.2, 0.25) is 5.02 Å². The third kappa shape index (κ3) is 4.18. The molecule has 5 nitrogen and oxygen atoms in total. The number of fused-ring (bicyclic) bond motifs is 1. The normalized spacial score (nSPS) is 21.3. The van der Waals surface area contributed by atoms with Crippen molar-refractivity contribution >= 4 is 58.2 Å². The van der Waals surface area contributed by atoms with E-state index < -0.39 is 11.8 Å². The maximum absolute atomic E-state index is 13.4. The smallest absolute Gasteiger partial charge is 0.270 e. The molecule has 0 aromatic heterocycles. The molecule has 2 heterocycles. The molecule has 0 saturated carbocycles. The largest absolute Gasteiger partial charge is 0.366 e. The van der Waals surface area contributed by atoms with Crippen molar-refractivity contribution in [3.63, 3.8) is 0 Å². The van der Waals surface area contributed by atoms with Gasteiger partial charge in [0.2, 0.25) is 0 Å². The Morgan fingerprint density at radius 3 is 2.64 bits per heavy atom. The molecule has 1 atom stereocenters. The molecule has 7 heteroatoms. The van der Waals surface area contributed by atoms with Gasteiger partial charge < -0.3 is 4.90 Å². The quantitative estimate of drug-likeness (QED) is 0.352. The van der Waals surface area contributed by atoms with E-state index in [4.69, 9.17) is 23.8 Å². The summed E-state index contributed by atoms with van der Waals surface area (Å²) in [6, 6.07) is 11.4. The number of carbonyl (C=O) groups is 2. The molecule has 4 rings (SSSR count). The number of thiocarbonyl (C=S) groups is 1. The number of rotatable bonds is 3. The SMILES string of the molecule is CCN1c2cc(Cl)c(/C=C3/C(=O)NC(=S)N(c4cccc(C)c4)C3=O)cc2C(C)CC1(C)C. The molecule has 2 aromatic carbocycles. The molecular weight excluding hydrogens is 454 g/mol. The number of carbonyl (C=O) groups excluding carboxylic acids is 2. The first-order valence-electron chi connectivity index (χ1n) is 11.1. The zero-order valence-corrected chi connectivity index (χ0v) is 21.1. The van der Waals surface area contributed by atoms with E-state index in [1.165, 1.54) is 10.5 Å². The van der Waals surface area contributed by atoms with E-state index in [0.29, 0.717) is 22.2 Å². The van der Waals surface area contributed by atoms with E-state index in [2.05, 4.69) is 37.9 Å². The summed E-state index contributed by atoms with van der Waals surface area (Å²) in [6.45, 7) is 11.6. The number of anilines is 2. The predicted molar refractivity (Wildman–Crippen MR) is 139 cm³/mol. The predicted octanol–water partition coefficient (Wildman–Crippen LogP) is 5.59. The average molecular weight is 482 g/mol. The topological polar surface area (TPSA) is 52.7 Å². The van der Waals surface area contributed by atoms with Crippen LogP contribution in [-0.4, -0.2) is 29.0 Å². The molecule has 2 aromatic rings. The average Bonchev–Trinajstić information content (AvgIpc) is 2.71. The van der Waals surface area contributed by atoms with E-state index in [9.17, 15) is 9.59 Å². The second kappa shape index (κ2) is 8.58. The van der Waals surface area contributed by atoms with Crippen molar-refractivity contribution in [1.29, 1.82) is 0 Å². The molecule has 0 bridgehead atoms. The molecule has 1 unspecified atom stereocenters. The third-order valence-corrected chi connectivity index (χ3v) is 7.09. The highest BCUT2D eigenvalue weighted by atomic mass is 35.5. The van der Waals surface area contributed by atoms with Gasteiger partial charge in [-0.3, -0.25) is 19.8 Å². The van der Waals surface area contributed by atoms with Crippen LogP contribution in [-0.2, 0) is 9.59 Å². The Kier molecular flexibility index (Phi) is 6.10. The lowest BCUT2D eigenvalue weighted by atomic mass is 9.79. The minimum atomic E-state index is -0.521. The highest BCUT2D eigenvalue weighted by molar-refractivity contribution is 7.80. The zero-order chi connectivity index (χ0) is 24.1. The molecular formula is C26H28ClN3O2S. The summed E-state index contributed by atoms with van der Waals surface area (Å²) >= 11 is 12.0. The number of halogens is 1.